The molecule has 0 aliphatic heterocycles. The second-order valence-electron chi connectivity index (χ2n) is 4.56. The quantitative estimate of drug-likeness (QED) is 0.793. The van der Waals surface area contributed by atoms with Crippen molar-refractivity contribution in [1.29, 1.82) is 0 Å². The molecule has 0 spiro atoms. The molecule has 0 saturated carbocycles. The van der Waals surface area contributed by atoms with Crippen LogP contribution in [0.25, 0.3) is 5.65 Å². The molecular formula is C14H12N4O3. The van der Waals surface area contributed by atoms with Gasteiger partial charge in [0.1, 0.15) is 11.6 Å². The van der Waals surface area contributed by atoms with Crippen molar-refractivity contribution in [3.05, 3.63) is 47.5 Å². The summed E-state index contributed by atoms with van der Waals surface area (Å²) in [6.07, 6.45) is 3.34. The number of carbonyl (C=O) groups is 1. The van der Waals surface area contributed by atoms with Gasteiger partial charge in [-0.2, -0.15) is 0 Å². The number of rotatable bonds is 3. The normalized spacial score (nSPS) is 10.8. The fraction of sp³-hybridized carbons (Fsp3) is 0.143. The molecule has 0 unspecified atom stereocenters. The summed E-state index contributed by atoms with van der Waals surface area (Å²) in [5.41, 5.74) is 1.37. The Kier molecular flexibility index (Phi) is 3.02. The maximum absolute atomic E-state index is 11.0. The highest BCUT2D eigenvalue weighted by Gasteiger charge is 2.12. The molecule has 106 valence electrons. The zero-order chi connectivity index (χ0) is 15.0. The van der Waals surface area contributed by atoms with Gasteiger partial charge in [0.25, 0.3) is 5.88 Å². The third-order valence-corrected chi connectivity index (χ3v) is 3.11. The van der Waals surface area contributed by atoms with Crippen LogP contribution in [0.5, 0.6) is 11.6 Å². The fourth-order valence-corrected chi connectivity index (χ4v) is 2.04. The second-order valence-corrected chi connectivity index (χ2v) is 4.56. The molecule has 0 atom stereocenters. The number of benzene rings is 1. The number of carboxylic acid groups (broad SMARTS) is 1. The number of aryl methyl sites for hydroxylation is 2. The van der Waals surface area contributed by atoms with Crippen molar-refractivity contribution in [2.45, 2.75) is 13.8 Å². The van der Waals surface area contributed by atoms with Crippen molar-refractivity contribution in [1.82, 2.24) is 19.6 Å². The van der Waals surface area contributed by atoms with E-state index in [0.29, 0.717) is 22.8 Å². The summed E-state index contributed by atoms with van der Waals surface area (Å²) in [5.74, 6) is 0.585. The van der Waals surface area contributed by atoms with Gasteiger partial charge in [0.05, 0.1) is 5.56 Å². The highest BCUT2D eigenvalue weighted by Crippen LogP contribution is 2.25. The van der Waals surface area contributed by atoms with Gasteiger partial charge < -0.3 is 9.84 Å². The van der Waals surface area contributed by atoms with E-state index in [4.69, 9.17) is 9.84 Å². The average Bonchev–Trinajstić information content (AvgIpc) is 2.81. The smallest absolute Gasteiger partial charge is 0.335 e. The van der Waals surface area contributed by atoms with Gasteiger partial charge in [0.15, 0.2) is 0 Å². The van der Waals surface area contributed by atoms with Crippen LogP contribution in [0.15, 0.2) is 30.6 Å². The van der Waals surface area contributed by atoms with Crippen LogP contribution in [-0.4, -0.2) is 30.7 Å². The predicted octanol–water partition coefficient (Wildman–Crippen LogP) is 2.23. The average molecular weight is 284 g/mol. The maximum Gasteiger partial charge on any atom is 0.335 e. The highest BCUT2D eigenvalue weighted by atomic mass is 16.5. The van der Waals surface area contributed by atoms with Crippen molar-refractivity contribution in [3.8, 4) is 11.6 Å². The van der Waals surface area contributed by atoms with Crippen LogP contribution in [0.1, 0.15) is 21.7 Å². The summed E-state index contributed by atoms with van der Waals surface area (Å²) < 4.78 is 7.46. The third kappa shape index (κ3) is 2.29. The molecule has 0 amide bonds. The van der Waals surface area contributed by atoms with Crippen LogP contribution in [0.4, 0.5) is 0 Å². The van der Waals surface area contributed by atoms with Crippen molar-refractivity contribution < 1.29 is 14.6 Å². The molecule has 0 aliphatic rings. The van der Waals surface area contributed by atoms with E-state index < -0.39 is 5.97 Å². The van der Waals surface area contributed by atoms with Crippen LogP contribution in [0.3, 0.4) is 0 Å². The number of fused-ring (bicyclic) bond motifs is 1. The lowest BCUT2D eigenvalue weighted by Crippen LogP contribution is -2.00. The molecule has 3 rings (SSSR count). The van der Waals surface area contributed by atoms with E-state index in [2.05, 4.69) is 15.2 Å². The predicted molar refractivity (Wildman–Crippen MR) is 73.7 cm³/mol. The molecule has 7 heteroatoms. The zero-order valence-corrected chi connectivity index (χ0v) is 11.4. The zero-order valence-electron chi connectivity index (χ0n) is 11.4. The molecule has 2 aromatic heterocycles. The van der Waals surface area contributed by atoms with Crippen LogP contribution in [-0.2, 0) is 0 Å². The minimum absolute atomic E-state index is 0.242. The Hall–Kier alpha value is -2.96. The van der Waals surface area contributed by atoms with Crippen LogP contribution < -0.4 is 4.74 Å². The fourth-order valence-electron chi connectivity index (χ4n) is 2.04. The van der Waals surface area contributed by atoms with Crippen molar-refractivity contribution in [3.63, 3.8) is 0 Å². The van der Waals surface area contributed by atoms with E-state index in [-0.39, 0.29) is 5.56 Å². The van der Waals surface area contributed by atoms with Gasteiger partial charge >= 0.3 is 5.97 Å². The molecule has 1 N–H and O–H groups in total. The van der Waals surface area contributed by atoms with Gasteiger partial charge in [0, 0.05) is 12.4 Å². The molecule has 0 bridgehead atoms. The van der Waals surface area contributed by atoms with E-state index in [0.717, 1.165) is 5.82 Å². The first kappa shape index (κ1) is 13.0. The molecule has 2 heterocycles. The Morgan fingerprint density at radius 1 is 1.29 bits per heavy atom. The summed E-state index contributed by atoms with van der Waals surface area (Å²) in [6.45, 7) is 3.54. The first-order valence-corrected chi connectivity index (χ1v) is 6.24. The molecular weight excluding hydrogens is 272 g/mol. The molecule has 21 heavy (non-hydrogen) atoms. The van der Waals surface area contributed by atoms with E-state index in [1.54, 1.807) is 35.9 Å². The lowest BCUT2D eigenvalue weighted by atomic mass is 10.1. The summed E-state index contributed by atoms with van der Waals surface area (Å²) >= 11 is 0. The van der Waals surface area contributed by atoms with Crippen molar-refractivity contribution in [2.24, 2.45) is 0 Å². The van der Waals surface area contributed by atoms with Crippen LogP contribution in [0.2, 0.25) is 0 Å². The Morgan fingerprint density at radius 2 is 2.10 bits per heavy atom. The Labute approximate surface area is 119 Å². The molecule has 0 aliphatic carbocycles. The number of nitrogens with zero attached hydrogens (tertiary/aromatic N) is 4. The van der Waals surface area contributed by atoms with Crippen molar-refractivity contribution >= 4 is 11.6 Å². The van der Waals surface area contributed by atoms with Gasteiger partial charge in [-0.3, -0.25) is 4.40 Å². The molecule has 1 aromatic carbocycles. The first-order valence-electron chi connectivity index (χ1n) is 6.24. The van der Waals surface area contributed by atoms with Gasteiger partial charge in [-0.25, -0.2) is 9.78 Å². The van der Waals surface area contributed by atoms with Gasteiger partial charge in [-0.15, -0.1) is 10.2 Å². The molecule has 7 nitrogen and oxygen atoms in total. The number of aromatic carboxylic acids is 1. The largest absolute Gasteiger partial charge is 0.478 e. The second kappa shape index (κ2) is 4.86. The summed E-state index contributed by atoms with van der Waals surface area (Å²) in [6, 6.07) is 4.74. The molecule has 3 aromatic rings. The van der Waals surface area contributed by atoms with E-state index >= 15 is 0 Å². The van der Waals surface area contributed by atoms with E-state index in [9.17, 15) is 4.79 Å². The number of ether oxygens (including phenoxy) is 1. The minimum atomic E-state index is -0.965. The van der Waals surface area contributed by atoms with Gasteiger partial charge in [-0.05, 0) is 37.6 Å². The topological polar surface area (TPSA) is 89.6 Å². The van der Waals surface area contributed by atoms with Gasteiger partial charge in [-0.1, -0.05) is 0 Å². The molecule has 0 saturated heterocycles. The Morgan fingerprint density at radius 3 is 2.81 bits per heavy atom. The summed E-state index contributed by atoms with van der Waals surface area (Å²) in [4.78, 5) is 15.1. The number of hydrogen-bond donors (Lipinski definition) is 1. The lowest BCUT2D eigenvalue weighted by molar-refractivity contribution is 0.0696. The van der Waals surface area contributed by atoms with Crippen LogP contribution >= 0.6 is 0 Å². The summed E-state index contributed by atoms with van der Waals surface area (Å²) in [5, 5.41) is 17.0. The standard InChI is InChI=1S/C14H12N4O3/c1-8-7-10(3-4-11(8)14(19)20)21-13-12-17-16-9(2)18(12)6-5-15-13/h3-7H,1-2H3,(H,19,20). The van der Waals surface area contributed by atoms with E-state index in [1.807, 2.05) is 6.92 Å². The Bertz CT molecular complexity index is 841. The molecule has 0 radical (unpaired) electrons. The lowest BCUT2D eigenvalue weighted by Gasteiger charge is -2.07. The third-order valence-electron chi connectivity index (χ3n) is 3.11. The SMILES string of the molecule is Cc1cc(Oc2nccn3c(C)nnc23)ccc1C(=O)O. The monoisotopic (exact) mass is 284 g/mol. The number of hydrogen-bond acceptors (Lipinski definition) is 5. The van der Waals surface area contributed by atoms with Crippen LogP contribution in [0, 0.1) is 13.8 Å². The molecule has 0 fully saturated rings. The maximum atomic E-state index is 11.0. The first-order chi connectivity index (χ1) is 10.1. The minimum Gasteiger partial charge on any atom is -0.478 e. The summed E-state index contributed by atoms with van der Waals surface area (Å²) in [7, 11) is 0. The highest BCUT2D eigenvalue weighted by molar-refractivity contribution is 5.89. The van der Waals surface area contributed by atoms with E-state index in [1.165, 1.54) is 6.07 Å². The Balaban J connectivity index is 1.99. The number of carboxylic acids is 1. The van der Waals surface area contributed by atoms with Gasteiger partial charge in [0.2, 0.25) is 5.65 Å². The van der Waals surface area contributed by atoms with Crippen molar-refractivity contribution in [2.75, 3.05) is 0 Å². The number of aromatic nitrogens is 4.